The fourth-order valence-corrected chi connectivity index (χ4v) is 7.70. The summed E-state index contributed by atoms with van der Waals surface area (Å²) < 4.78 is 10.7. The van der Waals surface area contributed by atoms with Crippen molar-refractivity contribution < 1.29 is 24.2 Å². The molecule has 0 fully saturated rings. The molecule has 0 aliphatic carbocycles. The van der Waals surface area contributed by atoms with E-state index in [0.717, 1.165) is 77.0 Å². The lowest BCUT2D eigenvalue weighted by Crippen LogP contribution is -2.28. The fraction of sp³-hybridized carbons (Fsp3) is 0.759. The van der Waals surface area contributed by atoms with Crippen LogP contribution in [0.4, 0.5) is 0 Å². The molecule has 364 valence electrons. The highest BCUT2D eigenvalue weighted by atomic mass is 16.6. The van der Waals surface area contributed by atoms with Gasteiger partial charge in [0.25, 0.3) is 0 Å². The van der Waals surface area contributed by atoms with E-state index in [0.29, 0.717) is 12.8 Å². The minimum atomic E-state index is -0.776. The molecule has 0 amide bonds. The van der Waals surface area contributed by atoms with E-state index in [2.05, 4.69) is 86.8 Å². The van der Waals surface area contributed by atoms with Gasteiger partial charge in [0.2, 0.25) is 0 Å². The van der Waals surface area contributed by atoms with E-state index >= 15 is 0 Å². The average molecular weight is 879 g/mol. The molecule has 5 heteroatoms. The summed E-state index contributed by atoms with van der Waals surface area (Å²) in [5.41, 5.74) is 0. The summed E-state index contributed by atoms with van der Waals surface area (Å²) in [6.45, 7) is 4.03. The molecule has 1 atom stereocenters. The molecule has 0 aromatic heterocycles. The number of hydrogen-bond acceptors (Lipinski definition) is 5. The monoisotopic (exact) mass is 879 g/mol. The zero-order valence-corrected chi connectivity index (χ0v) is 41.6. The third-order valence-corrected chi connectivity index (χ3v) is 11.7. The van der Waals surface area contributed by atoms with Gasteiger partial charge in [-0.15, -0.1) is 0 Å². The zero-order chi connectivity index (χ0) is 45.6. The van der Waals surface area contributed by atoms with Gasteiger partial charge in [0.1, 0.15) is 6.61 Å². The molecule has 0 saturated heterocycles. The number of esters is 2. The largest absolute Gasteiger partial charge is 0.462 e. The van der Waals surface area contributed by atoms with E-state index < -0.39 is 6.10 Å². The van der Waals surface area contributed by atoms with E-state index in [1.54, 1.807) is 0 Å². The molecule has 0 aromatic carbocycles. The van der Waals surface area contributed by atoms with Gasteiger partial charge in [-0.3, -0.25) is 9.59 Å². The van der Waals surface area contributed by atoms with Crippen LogP contribution in [0, 0.1) is 0 Å². The number of unbranched alkanes of at least 4 members (excludes halogenated alkanes) is 29. The van der Waals surface area contributed by atoms with Gasteiger partial charge in [0.05, 0.1) is 6.61 Å². The van der Waals surface area contributed by atoms with Crippen LogP contribution in [0.15, 0.2) is 72.9 Å². The third kappa shape index (κ3) is 51.9. The SMILES string of the molecule is CC/C=C\C/C=C\C/C=C\C/C=C\C/C=C\CCCCCCCCCCCCCCCCCCCC(=O)OC(CO)COC(=O)CCCCCCC/C=C\CCCCCCCCC. The number of aliphatic hydroxyl groups excluding tert-OH is 1. The van der Waals surface area contributed by atoms with Crippen LogP contribution in [0.2, 0.25) is 0 Å². The van der Waals surface area contributed by atoms with Gasteiger partial charge >= 0.3 is 11.9 Å². The van der Waals surface area contributed by atoms with Crippen LogP contribution in [-0.4, -0.2) is 36.4 Å². The topological polar surface area (TPSA) is 72.8 Å². The first-order valence-electron chi connectivity index (χ1n) is 27.0. The van der Waals surface area contributed by atoms with E-state index in [-0.39, 0.29) is 25.2 Å². The molecule has 1 N–H and O–H groups in total. The molecule has 0 radical (unpaired) electrons. The second kappa shape index (κ2) is 53.7. The van der Waals surface area contributed by atoms with Crippen molar-refractivity contribution in [3.8, 4) is 0 Å². The van der Waals surface area contributed by atoms with Crippen molar-refractivity contribution in [2.24, 2.45) is 0 Å². The van der Waals surface area contributed by atoms with Gasteiger partial charge in [0.15, 0.2) is 6.10 Å². The van der Waals surface area contributed by atoms with E-state index in [9.17, 15) is 14.7 Å². The third-order valence-electron chi connectivity index (χ3n) is 11.7. The Labute approximate surface area is 391 Å². The highest BCUT2D eigenvalue weighted by Gasteiger charge is 2.16. The summed E-state index contributed by atoms with van der Waals surface area (Å²) in [5.74, 6) is -0.593. The Kier molecular flexibility index (Phi) is 51.4. The van der Waals surface area contributed by atoms with E-state index in [4.69, 9.17) is 9.47 Å². The summed E-state index contributed by atoms with van der Waals surface area (Å²) in [6, 6.07) is 0. The predicted molar refractivity (Wildman–Crippen MR) is 274 cm³/mol. The molecule has 1 unspecified atom stereocenters. The summed E-state index contributed by atoms with van der Waals surface area (Å²) in [5, 5.41) is 9.63. The number of rotatable bonds is 49. The lowest BCUT2D eigenvalue weighted by molar-refractivity contribution is -0.161. The van der Waals surface area contributed by atoms with Gasteiger partial charge in [-0.2, -0.15) is 0 Å². The Morgan fingerprint density at radius 2 is 0.683 bits per heavy atom. The van der Waals surface area contributed by atoms with Crippen molar-refractivity contribution in [2.75, 3.05) is 13.2 Å². The Morgan fingerprint density at radius 3 is 1.05 bits per heavy atom. The van der Waals surface area contributed by atoms with Gasteiger partial charge in [-0.1, -0.05) is 241 Å². The molecule has 0 aromatic rings. The van der Waals surface area contributed by atoms with Crippen LogP contribution in [0.5, 0.6) is 0 Å². The smallest absolute Gasteiger partial charge is 0.306 e. The maximum absolute atomic E-state index is 12.3. The predicted octanol–water partition coefficient (Wildman–Crippen LogP) is 18.0. The zero-order valence-electron chi connectivity index (χ0n) is 41.6. The second-order valence-electron chi connectivity index (χ2n) is 17.9. The molecule has 0 bridgehead atoms. The van der Waals surface area contributed by atoms with Gasteiger partial charge < -0.3 is 14.6 Å². The van der Waals surface area contributed by atoms with Gasteiger partial charge in [-0.05, 0) is 83.5 Å². The second-order valence-corrected chi connectivity index (χ2v) is 17.9. The standard InChI is InChI=1S/C58H102O5/c1-3-5-7-9-11-13-15-17-19-21-22-23-24-25-26-27-28-29-30-31-32-33-34-35-36-37-39-41-43-45-47-49-51-53-58(61)63-56(54-59)55-62-57(60)52-50-48-46-44-42-40-38-20-18-16-14-12-10-8-6-4-2/h5,7,11,13,17,19-20,22-23,25-26,38,56,59H,3-4,6,8-10,12,14-16,18,21,24,27-37,39-55H2,1-2H3/b7-5-,13-11-,19-17-,23-22-,26-25-,38-20-. The van der Waals surface area contributed by atoms with E-state index in [1.165, 1.54) is 161 Å². The van der Waals surface area contributed by atoms with Crippen LogP contribution >= 0.6 is 0 Å². The summed E-state index contributed by atoms with van der Waals surface area (Å²) in [6.07, 6.45) is 73.0. The lowest BCUT2D eigenvalue weighted by Gasteiger charge is -2.15. The van der Waals surface area contributed by atoms with Crippen molar-refractivity contribution in [1.29, 1.82) is 0 Å². The molecule has 0 spiro atoms. The lowest BCUT2D eigenvalue weighted by atomic mass is 10.0. The Morgan fingerprint density at radius 1 is 0.381 bits per heavy atom. The molecule has 0 aliphatic heterocycles. The first kappa shape index (κ1) is 60.3. The highest BCUT2D eigenvalue weighted by molar-refractivity contribution is 5.70. The molecular weight excluding hydrogens is 777 g/mol. The summed E-state index contributed by atoms with van der Waals surface area (Å²) in [7, 11) is 0. The van der Waals surface area contributed by atoms with Crippen molar-refractivity contribution in [3.63, 3.8) is 0 Å². The van der Waals surface area contributed by atoms with Crippen LogP contribution in [0.1, 0.15) is 264 Å². The first-order valence-corrected chi connectivity index (χ1v) is 27.0. The van der Waals surface area contributed by atoms with Crippen LogP contribution in [0.3, 0.4) is 0 Å². The molecule has 0 heterocycles. The summed E-state index contributed by atoms with van der Waals surface area (Å²) >= 11 is 0. The molecule has 0 saturated carbocycles. The Bertz CT molecular complexity index is 1130. The highest BCUT2D eigenvalue weighted by Crippen LogP contribution is 2.16. The number of carbonyl (C=O) groups is 2. The van der Waals surface area contributed by atoms with E-state index in [1.807, 2.05) is 0 Å². The van der Waals surface area contributed by atoms with Gasteiger partial charge in [-0.25, -0.2) is 0 Å². The Hall–Kier alpha value is -2.66. The normalized spacial score (nSPS) is 12.7. The number of aliphatic hydroxyl groups is 1. The van der Waals surface area contributed by atoms with Crippen LogP contribution in [0.25, 0.3) is 0 Å². The molecule has 0 aliphatic rings. The minimum Gasteiger partial charge on any atom is -0.462 e. The number of allylic oxidation sites excluding steroid dienone is 12. The molecule has 63 heavy (non-hydrogen) atoms. The van der Waals surface area contributed by atoms with Crippen molar-refractivity contribution >= 4 is 11.9 Å². The van der Waals surface area contributed by atoms with Gasteiger partial charge in [0, 0.05) is 12.8 Å². The maximum Gasteiger partial charge on any atom is 0.306 e. The number of ether oxygens (including phenoxy) is 2. The fourth-order valence-electron chi connectivity index (χ4n) is 7.70. The molecule has 0 rings (SSSR count). The van der Waals surface area contributed by atoms with Crippen LogP contribution in [-0.2, 0) is 19.1 Å². The van der Waals surface area contributed by atoms with Crippen molar-refractivity contribution in [3.05, 3.63) is 72.9 Å². The number of carbonyl (C=O) groups excluding carboxylic acids is 2. The first-order chi connectivity index (χ1) is 31.1. The quantitative estimate of drug-likeness (QED) is 0.0374. The Balaban J connectivity index is 3.47. The summed E-state index contributed by atoms with van der Waals surface area (Å²) in [4.78, 5) is 24.4. The minimum absolute atomic E-state index is 0.0693. The van der Waals surface area contributed by atoms with Crippen LogP contribution < -0.4 is 0 Å². The number of hydrogen-bond donors (Lipinski definition) is 1. The maximum atomic E-state index is 12.3. The molecule has 5 nitrogen and oxygen atoms in total. The molecular formula is C58H102O5. The average Bonchev–Trinajstić information content (AvgIpc) is 3.29. The van der Waals surface area contributed by atoms with Crippen molar-refractivity contribution in [1.82, 2.24) is 0 Å². The van der Waals surface area contributed by atoms with Crippen molar-refractivity contribution in [2.45, 2.75) is 270 Å².